The Morgan fingerprint density at radius 3 is 2.30 bits per heavy atom. The Hall–Kier alpha value is -3.93. The molecule has 6 heteroatoms. The Kier molecular flexibility index (Phi) is 4.83. The number of carbonyl (C=O) groups excluding carboxylic acids is 3. The summed E-state index contributed by atoms with van der Waals surface area (Å²) in [5.41, 5.74) is 1.89. The fraction of sp³-hybridized carbons (Fsp3) is 0.125. The molecule has 0 spiro atoms. The van der Waals surface area contributed by atoms with Gasteiger partial charge in [0.2, 0.25) is 5.78 Å². The summed E-state index contributed by atoms with van der Waals surface area (Å²) >= 11 is 0. The molecule has 0 heterocycles. The molecule has 0 aliphatic heterocycles. The monoisotopic (exact) mass is 402 g/mol. The van der Waals surface area contributed by atoms with Gasteiger partial charge in [-0.25, -0.2) is 4.79 Å². The van der Waals surface area contributed by atoms with Gasteiger partial charge in [0, 0.05) is 17.5 Å². The molecule has 0 unspecified atom stereocenters. The Labute approximate surface area is 172 Å². The van der Waals surface area contributed by atoms with E-state index in [0.717, 1.165) is 0 Å². The first-order valence-electron chi connectivity index (χ1n) is 9.25. The van der Waals surface area contributed by atoms with Gasteiger partial charge in [-0.05, 0) is 29.3 Å². The first kappa shape index (κ1) is 19.4. The van der Waals surface area contributed by atoms with E-state index in [1.54, 1.807) is 48.5 Å². The molecule has 0 saturated heterocycles. The molecule has 0 radical (unpaired) electrons. The van der Waals surface area contributed by atoms with E-state index in [1.807, 2.05) is 0 Å². The van der Waals surface area contributed by atoms with Crippen molar-refractivity contribution in [1.29, 1.82) is 0 Å². The number of phenols is 1. The van der Waals surface area contributed by atoms with Crippen molar-refractivity contribution in [2.75, 3.05) is 14.2 Å². The van der Waals surface area contributed by atoms with Gasteiger partial charge in [0.25, 0.3) is 0 Å². The van der Waals surface area contributed by atoms with Crippen molar-refractivity contribution < 1.29 is 29.0 Å². The largest absolute Gasteiger partial charge is 0.507 e. The van der Waals surface area contributed by atoms with Gasteiger partial charge in [-0.1, -0.05) is 36.4 Å². The van der Waals surface area contributed by atoms with Crippen LogP contribution < -0.4 is 4.74 Å². The predicted molar refractivity (Wildman–Crippen MR) is 109 cm³/mol. The van der Waals surface area contributed by atoms with Gasteiger partial charge in [0.05, 0.1) is 30.9 Å². The number of fused-ring (bicyclic) bond motifs is 2. The molecule has 3 aromatic rings. The van der Waals surface area contributed by atoms with Crippen molar-refractivity contribution in [2.24, 2.45) is 0 Å². The van der Waals surface area contributed by atoms with Crippen LogP contribution in [0.1, 0.15) is 53.3 Å². The normalized spacial score (nSPS) is 12.2. The standard InChI is InChI=1S/C24H18O6/c1-29-18-9-5-8-16-19(18)23(27)20-17(22(16)26)11-10-14(21(20)25)12-13-6-3-4-7-15(13)24(28)30-2/h3-11,25H,12H2,1-2H3. The van der Waals surface area contributed by atoms with Crippen molar-refractivity contribution in [3.63, 3.8) is 0 Å². The molecule has 0 atom stereocenters. The molecular weight excluding hydrogens is 384 g/mol. The summed E-state index contributed by atoms with van der Waals surface area (Å²) in [6, 6.07) is 14.8. The van der Waals surface area contributed by atoms with Crippen LogP contribution >= 0.6 is 0 Å². The second-order valence-corrected chi connectivity index (χ2v) is 6.86. The zero-order chi connectivity index (χ0) is 21.4. The van der Waals surface area contributed by atoms with E-state index in [4.69, 9.17) is 9.47 Å². The van der Waals surface area contributed by atoms with E-state index in [-0.39, 0.29) is 46.0 Å². The van der Waals surface area contributed by atoms with Crippen molar-refractivity contribution in [1.82, 2.24) is 0 Å². The Morgan fingerprint density at radius 2 is 1.57 bits per heavy atom. The van der Waals surface area contributed by atoms with Crippen molar-refractivity contribution >= 4 is 17.5 Å². The number of hydrogen-bond acceptors (Lipinski definition) is 6. The van der Waals surface area contributed by atoms with Crippen LogP contribution in [-0.2, 0) is 11.2 Å². The summed E-state index contributed by atoms with van der Waals surface area (Å²) in [5.74, 6) is -1.32. The second-order valence-electron chi connectivity index (χ2n) is 6.86. The molecule has 6 nitrogen and oxygen atoms in total. The molecule has 1 aliphatic rings. The van der Waals surface area contributed by atoms with Crippen molar-refractivity contribution in [2.45, 2.75) is 6.42 Å². The zero-order valence-electron chi connectivity index (χ0n) is 16.4. The minimum Gasteiger partial charge on any atom is -0.507 e. The quantitative estimate of drug-likeness (QED) is 0.525. The predicted octanol–water partition coefficient (Wildman–Crippen LogP) is 3.55. The summed E-state index contributed by atoms with van der Waals surface area (Å²) in [6.45, 7) is 0. The van der Waals surface area contributed by atoms with Crippen molar-refractivity contribution in [3.8, 4) is 11.5 Å². The molecule has 30 heavy (non-hydrogen) atoms. The average Bonchev–Trinajstić information content (AvgIpc) is 2.78. The highest BCUT2D eigenvalue weighted by Gasteiger charge is 2.35. The van der Waals surface area contributed by atoms with Gasteiger partial charge in [0.15, 0.2) is 5.78 Å². The molecule has 0 fully saturated rings. The number of benzene rings is 3. The number of ketones is 2. The summed E-state index contributed by atoms with van der Waals surface area (Å²) in [4.78, 5) is 38.2. The van der Waals surface area contributed by atoms with Gasteiger partial charge in [-0.3, -0.25) is 9.59 Å². The van der Waals surface area contributed by atoms with E-state index >= 15 is 0 Å². The fourth-order valence-electron chi connectivity index (χ4n) is 3.78. The van der Waals surface area contributed by atoms with Gasteiger partial charge in [-0.15, -0.1) is 0 Å². The Balaban J connectivity index is 1.83. The third-order valence-electron chi connectivity index (χ3n) is 5.25. The minimum atomic E-state index is -0.493. The highest BCUT2D eigenvalue weighted by atomic mass is 16.5. The van der Waals surface area contributed by atoms with E-state index in [0.29, 0.717) is 16.7 Å². The fourth-order valence-corrected chi connectivity index (χ4v) is 3.78. The van der Waals surface area contributed by atoms with E-state index in [9.17, 15) is 19.5 Å². The molecule has 1 aliphatic carbocycles. The summed E-state index contributed by atoms with van der Waals surface area (Å²) in [6.07, 6.45) is 0.185. The van der Waals surface area contributed by atoms with Gasteiger partial charge >= 0.3 is 5.97 Å². The van der Waals surface area contributed by atoms with Crippen LogP contribution in [0, 0.1) is 0 Å². The topological polar surface area (TPSA) is 89.9 Å². The smallest absolute Gasteiger partial charge is 0.338 e. The lowest BCUT2D eigenvalue weighted by atomic mass is 9.81. The van der Waals surface area contributed by atoms with Crippen molar-refractivity contribution in [3.05, 3.63) is 93.5 Å². The number of esters is 1. The highest BCUT2D eigenvalue weighted by molar-refractivity contribution is 6.30. The lowest BCUT2D eigenvalue weighted by molar-refractivity contribution is 0.0599. The van der Waals surface area contributed by atoms with Crippen LogP contribution in [0.3, 0.4) is 0 Å². The molecule has 150 valence electrons. The van der Waals surface area contributed by atoms with E-state index < -0.39 is 11.8 Å². The van der Waals surface area contributed by atoms with Crippen LogP contribution in [-0.4, -0.2) is 36.9 Å². The van der Waals surface area contributed by atoms with Crippen LogP contribution in [0.5, 0.6) is 11.5 Å². The lowest BCUT2D eigenvalue weighted by Crippen LogP contribution is -2.22. The number of aromatic hydroxyl groups is 1. The molecule has 4 rings (SSSR count). The van der Waals surface area contributed by atoms with Crippen LogP contribution in [0.25, 0.3) is 0 Å². The first-order chi connectivity index (χ1) is 14.5. The first-order valence-corrected chi connectivity index (χ1v) is 9.25. The number of phenolic OH excluding ortho intramolecular Hbond substituents is 1. The molecule has 0 bridgehead atoms. The third kappa shape index (κ3) is 2.93. The second kappa shape index (κ2) is 7.48. The van der Waals surface area contributed by atoms with E-state index in [1.165, 1.54) is 20.3 Å². The Morgan fingerprint density at radius 1 is 0.833 bits per heavy atom. The number of methoxy groups -OCH3 is 2. The SMILES string of the molecule is COC(=O)c1ccccc1Cc1ccc2c(c1O)C(=O)c1c(OC)cccc1C2=O. The maximum absolute atomic E-state index is 13.2. The number of ether oxygens (including phenoxy) is 2. The summed E-state index contributed by atoms with van der Waals surface area (Å²) in [5, 5.41) is 10.9. The highest BCUT2D eigenvalue weighted by Crippen LogP contribution is 2.39. The minimum absolute atomic E-state index is 0.0509. The molecule has 3 aromatic carbocycles. The van der Waals surface area contributed by atoms with Gasteiger partial charge < -0.3 is 14.6 Å². The molecule has 1 N–H and O–H groups in total. The van der Waals surface area contributed by atoms with Crippen LogP contribution in [0.2, 0.25) is 0 Å². The molecule has 0 saturated carbocycles. The number of hydrogen-bond donors (Lipinski definition) is 1. The Bertz CT molecular complexity index is 1210. The number of rotatable bonds is 4. The lowest BCUT2D eigenvalue weighted by Gasteiger charge is -2.21. The van der Waals surface area contributed by atoms with Gasteiger partial charge in [-0.2, -0.15) is 0 Å². The maximum atomic E-state index is 13.2. The van der Waals surface area contributed by atoms with E-state index in [2.05, 4.69) is 0 Å². The molecule has 0 amide bonds. The summed E-state index contributed by atoms with van der Waals surface area (Å²) < 4.78 is 10.1. The van der Waals surface area contributed by atoms with Crippen LogP contribution in [0.15, 0.2) is 54.6 Å². The number of carbonyl (C=O) groups is 3. The zero-order valence-corrected chi connectivity index (χ0v) is 16.4. The van der Waals surface area contributed by atoms with Gasteiger partial charge in [0.1, 0.15) is 11.5 Å². The third-order valence-corrected chi connectivity index (χ3v) is 5.25. The summed E-state index contributed by atoms with van der Waals surface area (Å²) in [7, 11) is 2.72. The average molecular weight is 402 g/mol. The maximum Gasteiger partial charge on any atom is 0.338 e. The van der Waals surface area contributed by atoms with Crippen LogP contribution in [0.4, 0.5) is 0 Å². The molecule has 0 aromatic heterocycles. The molecular formula is C24H18O6.